The van der Waals surface area contributed by atoms with Crippen LogP contribution in [0.2, 0.25) is 0 Å². The van der Waals surface area contributed by atoms with Crippen LogP contribution < -0.4 is 0 Å². The molecule has 0 bridgehead atoms. The van der Waals surface area contributed by atoms with Crippen molar-refractivity contribution >= 4 is 27.9 Å². The molecule has 0 saturated heterocycles. The highest BCUT2D eigenvalue weighted by molar-refractivity contribution is 9.10. The van der Waals surface area contributed by atoms with Crippen LogP contribution in [0.1, 0.15) is 25.0 Å². The predicted molar refractivity (Wildman–Crippen MR) is 65.3 cm³/mol. The van der Waals surface area contributed by atoms with Crippen LogP contribution in [0, 0.1) is 0 Å². The normalized spacial score (nSPS) is 11.7. The minimum atomic E-state index is -0.604. The molecule has 0 heterocycles. The van der Waals surface area contributed by atoms with Gasteiger partial charge in [-0.15, -0.1) is 0 Å². The fourth-order valence-electron chi connectivity index (χ4n) is 1.34. The third kappa shape index (κ3) is 4.56. The van der Waals surface area contributed by atoms with Gasteiger partial charge in [-0.2, -0.15) is 0 Å². The highest BCUT2D eigenvalue weighted by Crippen LogP contribution is 2.23. The van der Waals surface area contributed by atoms with Crippen molar-refractivity contribution in [3.05, 3.63) is 34.3 Å². The molecule has 0 saturated carbocycles. The molecule has 0 aliphatic carbocycles. The summed E-state index contributed by atoms with van der Waals surface area (Å²) in [5, 5.41) is 0. The molecule has 1 aromatic rings. The monoisotopic (exact) mass is 300 g/mol. The van der Waals surface area contributed by atoms with E-state index in [2.05, 4.69) is 20.7 Å². The first-order chi connectivity index (χ1) is 8.02. The van der Waals surface area contributed by atoms with Gasteiger partial charge in [0.05, 0.1) is 13.5 Å². The zero-order valence-corrected chi connectivity index (χ0v) is 11.2. The fraction of sp³-hybridized carbons (Fsp3) is 0.333. The first kappa shape index (κ1) is 13.7. The molecular weight excluding hydrogens is 288 g/mol. The van der Waals surface area contributed by atoms with Crippen LogP contribution in [-0.4, -0.2) is 19.0 Å². The van der Waals surface area contributed by atoms with E-state index in [-0.39, 0.29) is 6.42 Å². The predicted octanol–water partition coefficient (Wildman–Crippen LogP) is 2.62. The van der Waals surface area contributed by atoms with Crippen LogP contribution in [0.3, 0.4) is 0 Å². The number of halogens is 1. The van der Waals surface area contributed by atoms with Crippen molar-refractivity contribution in [3.63, 3.8) is 0 Å². The van der Waals surface area contributed by atoms with E-state index in [1.807, 2.05) is 12.1 Å². The van der Waals surface area contributed by atoms with Crippen molar-refractivity contribution in [1.82, 2.24) is 0 Å². The van der Waals surface area contributed by atoms with Gasteiger partial charge in [0.15, 0.2) is 0 Å². The smallest absolute Gasteiger partial charge is 0.309 e. The molecule has 92 valence electrons. The molecule has 1 rings (SSSR count). The maximum absolute atomic E-state index is 11.2. The summed E-state index contributed by atoms with van der Waals surface area (Å²) in [7, 11) is 1.30. The summed E-state index contributed by atoms with van der Waals surface area (Å²) in [5.74, 6) is -0.846. The Morgan fingerprint density at radius 3 is 2.35 bits per heavy atom. The summed E-state index contributed by atoms with van der Waals surface area (Å²) >= 11 is 3.31. The summed E-state index contributed by atoms with van der Waals surface area (Å²) in [5.41, 5.74) is 0.758. The first-order valence-electron chi connectivity index (χ1n) is 5.02. The Hall–Kier alpha value is -1.36. The van der Waals surface area contributed by atoms with E-state index < -0.39 is 18.0 Å². The minimum absolute atomic E-state index is 0.0116. The van der Waals surface area contributed by atoms with Crippen LogP contribution in [0.5, 0.6) is 0 Å². The molecule has 0 aromatic heterocycles. The topological polar surface area (TPSA) is 52.6 Å². The molecule has 0 aliphatic rings. The molecule has 4 nitrogen and oxygen atoms in total. The van der Waals surface area contributed by atoms with Gasteiger partial charge in [0.1, 0.15) is 6.10 Å². The Bertz CT molecular complexity index is 399. The summed E-state index contributed by atoms with van der Waals surface area (Å²) in [4.78, 5) is 22.2. The van der Waals surface area contributed by atoms with E-state index in [1.54, 1.807) is 12.1 Å². The molecule has 1 atom stereocenters. The summed E-state index contributed by atoms with van der Waals surface area (Å²) in [6, 6.07) is 7.23. The van der Waals surface area contributed by atoms with Crippen LogP contribution in [0.4, 0.5) is 0 Å². The Morgan fingerprint density at radius 2 is 1.88 bits per heavy atom. The zero-order valence-electron chi connectivity index (χ0n) is 9.60. The van der Waals surface area contributed by atoms with E-state index in [4.69, 9.17) is 4.74 Å². The number of carbonyl (C=O) groups is 2. The Balaban J connectivity index is 2.85. The Labute approximate surface area is 108 Å². The van der Waals surface area contributed by atoms with Crippen molar-refractivity contribution in [2.75, 3.05) is 7.11 Å². The van der Waals surface area contributed by atoms with Gasteiger partial charge in [0.25, 0.3) is 0 Å². The molecule has 0 aliphatic heterocycles. The lowest BCUT2D eigenvalue weighted by Gasteiger charge is -2.16. The van der Waals surface area contributed by atoms with Gasteiger partial charge in [-0.05, 0) is 17.7 Å². The fourth-order valence-corrected chi connectivity index (χ4v) is 1.60. The maximum atomic E-state index is 11.2. The number of hydrogen-bond acceptors (Lipinski definition) is 4. The van der Waals surface area contributed by atoms with Gasteiger partial charge in [-0.3, -0.25) is 9.59 Å². The largest absolute Gasteiger partial charge is 0.469 e. The summed E-state index contributed by atoms with van der Waals surface area (Å²) in [6.45, 7) is 1.31. The van der Waals surface area contributed by atoms with Crippen LogP contribution in [0.25, 0.3) is 0 Å². The van der Waals surface area contributed by atoms with Crippen LogP contribution in [0.15, 0.2) is 28.7 Å². The molecule has 17 heavy (non-hydrogen) atoms. The zero-order chi connectivity index (χ0) is 12.8. The van der Waals surface area contributed by atoms with Crippen LogP contribution in [-0.2, 0) is 19.1 Å². The third-order valence-electron chi connectivity index (χ3n) is 2.13. The van der Waals surface area contributed by atoms with Gasteiger partial charge >= 0.3 is 11.9 Å². The molecule has 0 amide bonds. The van der Waals surface area contributed by atoms with Gasteiger partial charge in [-0.25, -0.2) is 0 Å². The Morgan fingerprint density at radius 1 is 1.29 bits per heavy atom. The second kappa shape index (κ2) is 6.39. The number of rotatable bonds is 4. The van der Waals surface area contributed by atoms with Crippen molar-refractivity contribution in [2.24, 2.45) is 0 Å². The minimum Gasteiger partial charge on any atom is -0.469 e. The lowest BCUT2D eigenvalue weighted by molar-refractivity contribution is -0.152. The third-order valence-corrected chi connectivity index (χ3v) is 2.66. The van der Waals surface area contributed by atoms with E-state index >= 15 is 0 Å². The van der Waals surface area contributed by atoms with E-state index in [9.17, 15) is 9.59 Å². The van der Waals surface area contributed by atoms with Crippen molar-refractivity contribution in [1.29, 1.82) is 0 Å². The quantitative estimate of drug-likeness (QED) is 0.802. The number of carbonyl (C=O) groups excluding carboxylic acids is 2. The van der Waals surface area contributed by atoms with E-state index in [0.29, 0.717) is 0 Å². The molecule has 0 fully saturated rings. The van der Waals surface area contributed by atoms with Gasteiger partial charge in [-0.1, -0.05) is 28.1 Å². The molecule has 0 unspecified atom stereocenters. The maximum Gasteiger partial charge on any atom is 0.309 e. The van der Waals surface area contributed by atoms with Gasteiger partial charge < -0.3 is 9.47 Å². The molecular formula is C12H13BrO4. The average Bonchev–Trinajstić information content (AvgIpc) is 2.28. The summed E-state index contributed by atoms with van der Waals surface area (Å²) < 4.78 is 10.6. The first-order valence-corrected chi connectivity index (χ1v) is 5.81. The van der Waals surface area contributed by atoms with E-state index in [1.165, 1.54) is 14.0 Å². The molecule has 5 heteroatoms. The number of ether oxygens (including phenoxy) is 2. The molecule has 0 N–H and O–H groups in total. The van der Waals surface area contributed by atoms with Gasteiger partial charge in [0.2, 0.25) is 0 Å². The molecule has 0 radical (unpaired) electrons. The number of benzene rings is 1. The molecule has 1 aromatic carbocycles. The van der Waals surface area contributed by atoms with Crippen LogP contribution >= 0.6 is 15.9 Å². The number of methoxy groups -OCH3 is 1. The number of esters is 2. The lowest BCUT2D eigenvalue weighted by Crippen LogP contribution is -2.14. The standard InChI is InChI=1S/C12H13BrO4/c1-8(14)17-11(7-12(15)16-2)9-3-5-10(13)6-4-9/h3-6,11H,7H2,1-2H3/t11-/m1/s1. The second-order valence-corrected chi connectivity index (χ2v) is 4.35. The molecule has 0 spiro atoms. The number of hydrogen-bond donors (Lipinski definition) is 0. The summed E-state index contributed by atoms with van der Waals surface area (Å²) in [6.07, 6.45) is -0.592. The van der Waals surface area contributed by atoms with E-state index in [0.717, 1.165) is 10.0 Å². The van der Waals surface area contributed by atoms with Gasteiger partial charge in [0, 0.05) is 11.4 Å². The van der Waals surface area contributed by atoms with Crippen molar-refractivity contribution < 1.29 is 19.1 Å². The SMILES string of the molecule is COC(=O)C[C@@H](OC(C)=O)c1ccc(Br)cc1. The van der Waals surface area contributed by atoms with Crippen molar-refractivity contribution in [2.45, 2.75) is 19.4 Å². The second-order valence-electron chi connectivity index (χ2n) is 3.43. The highest BCUT2D eigenvalue weighted by Gasteiger charge is 2.19. The average molecular weight is 301 g/mol. The van der Waals surface area contributed by atoms with Crippen molar-refractivity contribution in [3.8, 4) is 0 Å². The highest BCUT2D eigenvalue weighted by atomic mass is 79.9. The lowest BCUT2D eigenvalue weighted by atomic mass is 10.1. The Kier molecular flexibility index (Phi) is 5.15.